The van der Waals surface area contributed by atoms with Crippen LogP contribution >= 0.6 is 11.3 Å². The van der Waals surface area contributed by atoms with Crippen LogP contribution in [0.4, 0.5) is 14.6 Å². The van der Waals surface area contributed by atoms with Crippen LogP contribution in [0.15, 0.2) is 22.6 Å². The van der Waals surface area contributed by atoms with Crippen molar-refractivity contribution in [3.8, 4) is 11.6 Å². The van der Waals surface area contributed by atoms with Gasteiger partial charge in [-0.1, -0.05) is 0 Å². The second-order valence-corrected chi connectivity index (χ2v) is 7.56. The molecule has 0 radical (unpaired) electrons. The number of furan rings is 1. The molecule has 4 rings (SSSR count). The van der Waals surface area contributed by atoms with E-state index in [9.17, 15) is 8.78 Å². The van der Waals surface area contributed by atoms with Gasteiger partial charge in [0.2, 0.25) is 0 Å². The lowest BCUT2D eigenvalue weighted by Crippen LogP contribution is -2.41. The Morgan fingerprint density at radius 2 is 2.20 bits per heavy atom. The third-order valence-electron chi connectivity index (χ3n) is 4.29. The highest BCUT2D eigenvalue weighted by Crippen LogP contribution is 2.33. The summed E-state index contributed by atoms with van der Waals surface area (Å²) in [6, 6.07) is 5.55. The van der Waals surface area contributed by atoms with Crippen molar-refractivity contribution in [3.05, 3.63) is 28.8 Å². The van der Waals surface area contributed by atoms with Crippen molar-refractivity contribution in [3.63, 3.8) is 0 Å². The minimum atomic E-state index is -2.60. The number of piperidine rings is 1. The molecule has 0 saturated carbocycles. The Kier molecular flexibility index (Phi) is 3.96. The van der Waals surface area contributed by atoms with Crippen LogP contribution in [-0.4, -0.2) is 33.9 Å². The molecule has 1 aliphatic heterocycles. The lowest BCUT2D eigenvalue weighted by atomic mass is 10.1. The van der Waals surface area contributed by atoms with Gasteiger partial charge in [-0.15, -0.1) is 11.3 Å². The van der Waals surface area contributed by atoms with E-state index in [4.69, 9.17) is 10.2 Å². The standard InChI is InChI=1S/C17H18F2N4OS/c1-10-3-4-13(24-10)15-21-14(20)12-7-11(25-16(12)22-15)8-23-6-2-5-17(18,19)9-23/h3-4,7H,2,5-6,8-9H2,1H3,(H2,20,21,22). The van der Waals surface area contributed by atoms with Crippen LogP contribution in [0, 0.1) is 6.92 Å². The highest BCUT2D eigenvalue weighted by atomic mass is 32.1. The number of rotatable bonds is 3. The smallest absolute Gasteiger partial charge is 0.260 e. The van der Waals surface area contributed by atoms with Crippen LogP contribution in [0.5, 0.6) is 0 Å². The maximum atomic E-state index is 13.6. The van der Waals surface area contributed by atoms with Crippen molar-refractivity contribution in [2.75, 3.05) is 18.8 Å². The summed E-state index contributed by atoms with van der Waals surface area (Å²) in [5, 5.41) is 0.760. The molecule has 132 valence electrons. The van der Waals surface area contributed by atoms with E-state index in [0.717, 1.165) is 20.9 Å². The predicted octanol–water partition coefficient (Wildman–Crippen LogP) is 4.07. The third kappa shape index (κ3) is 3.36. The molecule has 0 atom stereocenters. The molecule has 8 heteroatoms. The second kappa shape index (κ2) is 6.03. The molecule has 2 N–H and O–H groups in total. The molecule has 3 aromatic heterocycles. The Hall–Kier alpha value is -2.06. The second-order valence-electron chi connectivity index (χ2n) is 6.44. The van der Waals surface area contributed by atoms with Gasteiger partial charge in [0.05, 0.1) is 11.9 Å². The molecular weight excluding hydrogens is 346 g/mol. The van der Waals surface area contributed by atoms with E-state index < -0.39 is 5.92 Å². The molecule has 1 saturated heterocycles. The van der Waals surface area contributed by atoms with Gasteiger partial charge in [-0.05, 0) is 38.1 Å². The number of fused-ring (bicyclic) bond motifs is 1. The molecule has 0 spiro atoms. The molecule has 25 heavy (non-hydrogen) atoms. The first-order chi connectivity index (χ1) is 11.9. The van der Waals surface area contributed by atoms with Gasteiger partial charge in [0, 0.05) is 17.8 Å². The van der Waals surface area contributed by atoms with Gasteiger partial charge in [-0.2, -0.15) is 0 Å². The first-order valence-electron chi connectivity index (χ1n) is 8.12. The number of likely N-dealkylation sites (tertiary alicyclic amines) is 1. The van der Waals surface area contributed by atoms with E-state index in [1.165, 1.54) is 11.3 Å². The summed E-state index contributed by atoms with van der Waals surface area (Å²) in [6.45, 7) is 2.82. The van der Waals surface area contributed by atoms with E-state index >= 15 is 0 Å². The average molecular weight is 364 g/mol. The van der Waals surface area contributed by atoms with Gasteiger partial charge in [-0.25, -0.2) is 18.7 Å². The highest BCUT2D eigenvalue weighted by Gasteiger charge is 2.35. The van der Waals surface area contributed by atoms with E-state index in [1.54, 1.807) is 11.0 Å². The number of anilines is 1. The van der Waals surface area contributed by atoms with Gasteiger partial charge in [0.1, 0.15) is 16.4 Å². The van der Waals surface area contributed by atoms with Crippen molar-refractivity contribution >= 4 is 27.4 Å². The first kappa shape index (κ1) is 16.4. The van der Waals surface area contributed by atoms with Gasteiger partial charge >= 0.3 is 0 Å². The van der Waals surface area contributed by atoms with E-state index in [1.807, 2.05) is 19.1 Å². The molecule has 5 nitrogen and oxygen atoms in total. The lowest BCUT2D eigenvalue weighted by Gasteiger charge is -2.31. The van der Waals surface area contributed by atoms with Crippen LogP contribution in [0.2, 0.25) is 0 Å². The molecule has 0 aliphatic carbocycles. The maximum absolute atomic E-state index is 13.6. The molecule has 1 fully saturated rings. The van der Waals surface area contributed by atoms with Crippen molar-refractivity contribution in [1.82, 2.24) is 14.9 Å². The normalized spacial score (nSPS) is 18.0. The Morgan fingerprint density at radius 1 is 1.36 bits per heavy atom. The largest absolute Gasteiger partial charge is 0.458 e. The summed E-state index contributed by atoms with van der Waals surface area (Å²) < 4.78 is 32.7. The van der Waals surface area contributed by atoms with Crippen LogP contribution in [0.1, 0.15) is 23.5 Å². The monoisotopic (exact) mass is 364 g/mol. The topological polar surface area (TPSA) is 68.2 Å². The third-order valence-corrected chi connectivity index (χ3v) is 5.30. The fourth-order valence-electron chi connectivity index (χ4n) is 3.14. The van der Waals surface area contributed by atoms with Crippen LogP contribution in [0.25, 0.3) is 21.8 Å². The van der Waals surface area contributed by atoms with E-state index in [0.29, 0.717) is 36.9 Å². The van der Waals surface area contributed by atoms with E-state index in [2.05, 4.69) is 9.97 Å². The zero-order chi connectivity index (χ0) is 17.6. The fourth-order valence-corrected chi connectivity index (χ4v) is 4.22. The zero-order valence-electron chi connectivity index (χ0n) is 13.8. The number of halogens is 2. The number of nitrogens with two attached hydrogens (primary N) is 1. The number of hydrogen-bond acceptors (Lipinski definition) is 6. The number of nitrogens with zero attached hydrogens (tertiary/aromatic N) is 3. The minimum Gasteiger partial charge on any atom is -0.458 e. The van der Waals surface area contributed by atoms with Gasteiger partial charge in [0.25, 0.3) is 5.92 Å². The predicted molar refractivity (Wildman–Crippen MR) is 93.7 cm³/mol. The number of nitrogen functional groups attached to an aromatic ring is 1. The van der Waals surface area contributed by atoms with Crippen molar-refractivity contribution in [2.45, 2.75) is 32.2 Å². The van der Waals surface area contributed by atoms with Crippen LogP contribution < -0.4 is 5.73 Å². The zero-order valence-corrected chi connectivity index (χ0v) is 14.6. The molecule has 0 unspecified atom stereocenters. The number of hydrogen-bond donors (Lipinski definition) is 1. The Morgan fingerprint density at radius 3 is 2.92 bits per heavy atom. The summed E-state index contributed by atoms with van der Waals surface area (Å²) in [7, 11) is 0. The molecule has 0 aromatic carbocycles. The maximum Gasteiger partial charge on any atom is 0.260 e. The number of thiophene rings is 1. The number of alkyl halides is 2. The van der Waals surface area contributed by atoms with Crippen molar-refractivity contribution in [1.29, 1.82) is 0 Å². The highest BCUT2D eigenvalue weighted by molar-refractivity contribution is 7.18. The SMILES string of the molecule is Cc1ccc(-c2nc(N)c3cc(CN4CCCC(F)(F)C4)sc3n2)o1. The molecule has 1 aliphatic rings. The minimum absolute atomic E-state index is 0.0275. The fraction of sp³-hybridized carbons (Fsp3) is 0.412. The van der Waals surface area contributed by atoms with E-state index in [-0.39, 0.29) is 13.0 Å². The molecule has 3 aromatic rings. The Bertz CT molecular complexity index is 921. The van der Waals surface area contributed by atoms with Crippen molar-refractivity contribution < 1.29 is 13.2 Å². The van der Waals surface area contributed by atoms with Crippen LogP contribution in [-0.2, 0) is 6.54 Å². The van der Waals surface area contributed by atoms with Gasteiger partial charge in [0.15, 0.2) is 11.6 Å². The lowest BCUT2D eigenvalue weighted by molar-refractivity contribution is -0.0658. The molecular formula is C17H18F2N4OS. The quantitative estimate of drug-likeness (QED) is 0.759. The van der Waals surface area contributed by atoms with Gasteiger partial charge in [-0.3, -0.25) is 4.90 Å². The van der Waals surface area contributed by atoms with Crippen LogP contribution in [0.3, 0.4) is 0 Å². The molecule has 0 bridgehead atoms. The Balaban J connectivity index is 1.62. The molecule has 0 amide bonds. The summed E-state index contributed by atoms with van der Waals surface area (Å²) in [5.41, 5.74) is 6.07. The first-order valence-corrected chi connectivity index (χ1v) is 8.94. The summed E-state index contributed by atoms with van der Waals surface area (Å²) in [5.74, 6) is -0.443. The average Bonchev–Trinajstić information content (AvgIpc) is 3.12. The van der Waals surface area contributed by atoms with Crippen molar-refractivity contribution in [2.24, 2.45) is 0 Å². The summed E-state index contributed by atoms with van der Waals surface area (Å²) in [4.78, 5) is 12.3. The summed E-state index contributed by atoms with van der Waals surface area (Å²) >= 11 is 1.46. The number of aryl methyl sites for hydroxylation is 1. The summed E-state index contributed by atoms with van der Waals surface area (Å²) in [6.07, 6.45) is 0.488. The number of aromatic nitrogens is 2. The molecule has 4 heterocycles. The van der Waals surface area contributed by atoms with Gasteiger partial charge < -0.3 is 10.2 Å². The Labute approximate surface area is 147 Å².